The average Bonchev–Trinajstić information content (AvgIpc) is 2.28. The maximum Gasteiger partial charge on any atom is 0.254 e. The molecule has 4 heteroatoms. The van der Waals surface area contributed by atoms with E-state index in [1.807, 2.05) is 6.07 Å². The first kappa shape index (κ1) is 12.2. The fraction of sp³-hybridized carbons (Fsp3) is 0.333. The van der Waals surface area contributed by atoms with E-state index < -0.39 is 0 Å². The molecule has 86 valence electrons. The third kappa shape index (κ3) is 3.08. The topological polar surface area (TPSA) is 40.6 Å². The molecule has 1 rings (SSSR count). The predicted molar refractivity (Wildman–Crippen MR) is 62.1 cm³/mol. The SMILES string of the molecule is CN(C)C(=O)CN(C)C(=O)c1ccccc1. The number of hydrogen-bond donors (Lipinski definition) is 0. The molecule has 1 aromatic rings. The number of hydrogen-bond acceptors (Lipinski definition) is 2. The molecule has 2 amide bonds. The van der Waals surface area contributed by atoms with Crippen LogP contribution in [-0.4, -0.2) is 49.3 Å². The van der Waals surface area contributed by atoms with Crippen LogP contribution in [0.1, 0.15) is 10.4 Å². The summed E-state index contributed by atoms with van der Waals surface area (Å²) in [5, 5.41) is 0. The van der Waals surface area contributed by atoms with Crippen LogP contribution in [0.3, 0.4) is 0 Å². The Morgan fingerprint density at radius 1 is 1.06 bits per heavy atom. The van der Waals surface area contributed by atoms with E-state index in [0.717, 1.165) is 0 Å². The van der Waals surface area contributed by atoms with E-state index in [9.17, 15) is 9.59 Å². The van der Waals surface area contributed by atoms with Crippen LogP contribution in [0.15, 0.2) is 30.3 Å². The van der Waals surface area contributed by atoms with E-state index in [2.05, 4.69) is 0 Å². The summed E-state index contributed by atoms with van der Waals surface area (Å²) in [6.45, 7) is 0.0979. The lowest BCUT2D eigenvalue weighted by molar-refractivity contribution is -0.129. The van der Waals surface area contributed by atoms with Gasteiger partial charge < -0.3 is 9.80 Å². The fourth-order valence-corrected chi connectivity index (χ4v) is 1.22. The number of amides is 2. The van der Waals surface area contributed by atoms with Crippen LogP contribution >= 0.6 is 0 Å². The number of rotatable bonds is 3. The van der Waals surface area contributed by atoms with Crippen molar-refractivity contribution in [2.24, 2.45) is 0 Å². The van der Waals surface area contributed by atoms with Crippen molar-refractivity contribution in [2.75, 3.05) is 27.7 Å². The van der Waals surface area contributed by atoms with Crippen molar-refractivity contribution in [1.82, 2.24) is 9.80 Å². The number of carbonyl (C=O) groups is 2. The Balaban J connectivity index is 2.65. The second-order valence-electron chi connectivity index (χ2n) is 3.82. The van der Waals surface area contributed by atoms with Crippen LogP contribution < -0.4 is 0 Å². The summed E-state index contributed by atoms with van der Waals surface area (Å²) >= 11 is 0. The third-order valence-corrected chi connectivity index (χ3v) is 2.24. The summed E-state index contributed by atoms with van der Waals surface area (Å²) in [7, 11) is 4.96. The van der Waals surface area contributed by atoms with E-state index in [0.29, 0.717) is 5.56 Å². The standard InChI is InChI=1S/C12H16N2O2/c1-13(2)11(15)9-14(3)12(16)10-7-5-4-6-8-10/h4-8H,9H2,1-3H3. The van der Waals surface area contributed by atoms with Crippen molar-refractivity contribution >= 4 is 11.8 Å². The molecule has 0 fully saturated rings. The molecular weight excluding hydrogens is 204 g/mol. The van der Waals surface area contributed by atoms with E-state index in [4.69, 9.17) is 0 Å². The highest BCUT2D eigenvalue weighted by atomic mass is 16.2. The Bertz CT molecular complexity index is 374. The van der Waals surface area contributed by atoms with Gasteiger partial charge in [0.2, 0.25) is 5.91 Å². The Hall–Kier alpha value is -1.84. The molecular formula is C12H16N2O2. The first-order valence-corrected chi connectivity index (χ1v) is 5.03. The van der Waals surface area contributed by atoms with E-state index in [1.165, 1.54) is 9.80 Å². The first-order chi connectivity index (χ1) is 7.52. The van der Waals surface area contributed by atoms with Crippen molar-refractivity contribution in [3.05, 3.63) is 35.9 Å². The number of likely N-dealkylation sites (N-methyl/N-ethyl adjacent to an activating group) is 2. The maximum atomic E-state index is 11.9. The zero-order valence-electron chi connectivity index (χ0n) is 9.80. The van der Waals surface area contributed by atoms with Crippen LogP contribution in [0.4, 0.5) is 0 Å². The minimum atomic E-state index is -0.143. The largest absolute Gasteiger partial charge is 0.347 e. The second-order valence-corrected chi connectivity index (χ2v) is 3.82. The van der Waals surface area contributed by atoms with Gasteiger partial charge in [-0.05, 0) is 12.1 Å². The van der Waals surface area contributed by atoms with E-state index in [1.54, 1.807) is 45.4 Å². The monoisotopic (exact) mass is 220 g/mol. The van der Waals surface area contributed by atoms with Gasteiger partial charge >= 0.3 is 0 Å². The van der Waals surface area contributed by atoms with Crippen molar-refractivity contribution in [3.63, 3.8) is 0 Å². The Morgan fingerprint density at radius 3 is 2.12 bits per heavy atom. The zero-order valence-corrected chi connectivity index (χ0v) is 9.80. The summed E-state index contributed by atoms with van der Waals surface area (Å²) in [5.41, 5.74) is 0.594. The van der Waals surface area contributed by atoms with Gasteiger partial charge in [0, 0.05) is 26.7 Å². The van der Waals surface area contributed by atoms with Crippen LogP contribution in [0.5, 0.6) is 0 Å². The van der Waals surface area contributed by atoms with Crippen molar-refractivity contribution < 1.29 is 9.59 Å². The number of benzene rings is 1. The predicted octanol–water partition coefficient (Wildman–Crippen LogP) is 0.847. The van der Waals surface area contributed by atoms with Crippen molar-refractivity contribution in [2.45, 2.75) is 0 Å². The maximum absolute atomic E-state index is 11.9. The molecule has 0 heterocycles. The molecule has 0 saturated carbocycles. The average molecular weight is 220 g/mol. The molecule has 0 atom stereocenters. The molecule has 0 aliphatic heterocycles. The van der Waals surface area contributed by atoms with Gasteiger partial charge in [0.15, 0.2) is 0 Å². The van der Waals surface area contributed by atoms with E-state index >= 15 is 0 Å². The molecule has 1 aromatic carbocycles. The quantitative estimate of drug-likeness (QED) is 0.757. The zero-order chi connectivity index (χ0) is 12.1. The normalized spacial score (nSPS) is 9.69. The van der Waals surface area contributed by atoms with E-state index in [-0.39, 0.29) is 18.4 Å². The Kier molecular flexibility index (Phi) is 4.05. The summed E-state index contributed by atoms with van der Waals surface area (Å²) in [6.07, 6.45) is 0. The van der Waals surface area contributed by atoms with Gasteiger partial charge in [-0.3, -0.25) is 9.59 Å². The molecule has 0 aliphatic rings. The Labute approximate surface area is 95.5 Å². The van der Waals surface area contributed by atoms with Gasteiger partial charge in [0.25, 0.3) is 5.91 Å². The van der Waals surface area contributed by atoms with Gasteiger partial charge in [-0.2, -0.15) is 0 Å². The Morgan fingerprint density at radius 2 is 1.62 bits per heavy atom. The van der Waals surface area contributed by atoms with Crippen LogP contribution in [-0.2, 0) is 4.79 Å². The van der Waals surface area contributed by atoms with Crippen LogP contribution in [0.2, 0.25) is 0 Å². The second kappa shape index (κ2) is 5.30. The molecule has 0 saturated heterocycles. The highest BCUT2D eigenvalue weighted by Crippen LogP contribution is 2.02. The highest BCUT2D eigenvalue weighted by Gasteiger charge is 2.15. The summed E-state index contributed by atoms with van der Waals surface area (Å²) in [4.78, 5) is 26.2. The molecule has 0 aliphatic carbocycles. The lowest BCUT2D eigenvalue weighted by Gasteiger charge is -2.19. The smallest absolute Gasteiger partial charge is 0.254 e. The van der Waals surface area contributed by atoms with Gasteiger partial charge in [0.1, 0.15) is 0 Å². The fourth-order valence-electron chi connectivity index (χ4n) is 1.22. The highest BCUT2D eigenvalue weighted by molar-refractivity contribution is 5.96. The lowest BCUT2D eigenvalue weighted by Crippen LogP contribution is -2.37. The number of carbonyl (C=O) groups excluding carboxylic acids is 2. The summed E-state index contributed by atoms with van der Waals surface area (Å²) in [5.74, 6) is -0.234. The third-order valence-electron chi connectivity index (χ3n) is 2.24. The van der Waals surface area contributed by atoms with Crippen molar-refractivity contribution in [3.8, 4) is 0 Å². The van der Waals surface area contributed by atoms with Gasteiger partial charge in [-0.1, -0.05) is 18.2 Å². The number of nitrogens with zero attached hydrogens (tertiary/aromatic N) is 2. The van der Waals surface area contributed by atoms with Crippen LogP contribution in [0.25, 0.3) is 0 Å². The van der Waals surface area contributed by atoms with Gasteiger partial charge in [0.05, 0.1) is 6.54 Å². The summed E-state index contributed by atoms with van der Waals surface area (Å²) in [6, 6.07) is 8.92. The van der Waals surface area contributed by atoms with Crippen molar-refractivity contribution in [1.29, 1.82) is 0 Å². The lowest BCUT2D eigenvalue weighted by atomic mass is 10.2. The molecule has 0 bridgehead atoms. The minimum absolute atomic E-state index is 0.0909. The molecule has 0 radical (unpaired) electrons. The molecule has 0 aromatic heterocycles. The molecule has 0 N–H and O–H groups in total. The minimum Gasteiger partial charge on any atom is -0.347 e. The molecule has 4 nitrogen and oxygen atoms in total. The first-order valence-electron chi connectivity index (χ1n) is 5.03. The van der Waals surface area contributed by atoms with Crippen LogP contribution in [0, 0.1) is 0 Å². The van der Waals surface area contributed by atoms with Gasteiger partial charge in [-0.15, -0.1) is 0 Å². The van der Waals surface area contributed by atoms with Gasteiger partial charge in [-0.25, -0.2) is 0 Å². The molecule has 0 spiro atoms. The molecule has 0 unspecified atom stereocenters. The molecule has 16 heavy (non-hydrogen) atoms. The summed E-state index contributed by atoms with van der Waals surface area (Å²) < 4.78 is 0.